The third kappa shape index (κ3) is 3.85. The Labute approximate surface area is 111 Å². The number of pyridine rings is 1. The number of aromatic nitrogens is 1. The van der Waals surface area contributed by atoms with Crippen molar-refractivity contribution in [2.45, 2.75) is 38.8 Å². The Morgan fingerprint density at radius 2 is 2.00 bits per heavy atom. The summed E-state index contributed by atoms with van der Waals surface area (Å²) in [5.74, 6) is 1.79. The normalized spacial score (nSPS) is 24.2. The van der Waals surface area contributed by atoms with E-state index in [4.69, 9.17) is 0 Å². The highest BCUT2D eigenvalue weighted by Crippen LogP contribution is 2.30. The summed E-state index contributed by atoms with van der Waals surface area (Å²) in [7, 11) is 0. The molecule has 1 heterocycles. The van der Waals surface area contributed by atoms with Crippen molar-refractivity contribution < 1.29 is 13.2 Å². The summed E-state index contributed by atoms with van der Waals surface area (Å²) >= 11 is 0. The Morgan fingerprint density at radius 1 is 1.26 bits per heavy atom. The molecule has 2 atom stereocenters. The Hall–Kier alpha value is -1.26. The van der Waals surface area contributed by atoms with Gasteiger partial charge in [0.25, 0.3) is 0 Å². The highest BCUT2D eigenvalue weighted by molar-refractivity contribution is 5.36. The second-order valence-electron chi connectivity index (χ2n) is 5.33. The maximum atomic E-state index is 12.4. The van der Waals surface area contributed by atoms with Crippen LogP contribution in [0.3, 0.4) is 0 Å². The fourth-order valence-electron chi connectivity index (χ4n) is 2.60. The van der Waals surface area contributed by atoms with Crippen molar-refractivity contribution in [3.05, 3.63) is 23.9 Å². The molecule has 0 aromatic carbocycles. The quantitative estimate of drug-likeness (QED) is 0.885. The van der Waals surface area contributed by atoms with E-state index < -0.39 is 11.7 Å². The van der Waals surface area contributed by atoms with Crippen LogP contribution in [0.1, 0.15) is 38.2 Å². The second kappa shape index (κ2) is 5.80. The smallest absolute Gasteiger partial charge is 0.370 e. The predicted octanol–water partition coefficient (Wildman–Crippen LogP) is 4.34. The molecule has 1 saturated carbocycles. The minimum absolute atomic E-state index is 0.519. The molecule has 0 spiro atoms. The third-order valence-corrected chi connectivity index (χ3v) is 3.93. The summed E-state index contributed by atoms with van der Waals surface area (Å²) < 4.78 is 37.2. The molecule has 1 aliphatic rings. The largest absolute Gasteiger partial charge is 0.417 e. The van der Waals surface area contributed by atoms with E-state index in [9.17, 15) is 13.2 Å². The molecular weight excluding hydrogens is 253 g/mol. The van der Waals surface area contributed by atoms with E-state index in [1.54, 1.807) is 0 Å². The molecule has 0 radical (unpaired) electrons. The fraction of sp³-hybridized carbons (Fsp3) is 0.643. The SMILES string of the molecule is CC1CCCCC1CNc1ccc(C(F)(F)F)cn1. The molecule has 1 aromatic heterocycles. The van der Waals surface area contributed by atoms with Gasteiger partial charge in [0.2, 0.25) is 0 Å². The van der Waals surface area contributed by atoms with Crippen molar-refractivity contribution in [2.24, 2.45) is 11.8 Å². The summed E-state index contributed by atoms with van der Waals surface area (Å²) in [5, 5.41) is 3.14. The monoisotopic (exact) mass is 272 g/mol. The van der Waals surface area contributed by atoms with Gasteiger partial charge in [0.1, 0.15) is 5.82 Å². The van der Waals surface area contributed by atoms with Crippen molar-refractivity contribution in [3.8, 4) is 0 Å². The van der Waals surface area contributed by atoms with Crippen molar-refractivity contribution in [3.63, 3.8) is 0 Å². The molecule has 2 rings (SSSR count). The van der Waals surface area contributed by atoms with E-state index >= 15 is 0 Å². The summed E-state index contributed by atoms with van der Waals surface area (Å²) in [5.41, 5.74) is -0.705. The minimum atomic E-state index is -4.32. The van der Waals surface area contributed by atoms with Gasteiger partial charge in [0.15, 0.2) is 0 Å². The molecule has 2 unspecified atom stereocenters. The van der Waals surface area contributed by atoms with Crippen LogP contribution in [0.15, 0.2) is 18.3 Å². The Morgan fingerprint density at radius 3 is 2.58 bits per heavy atom. The average Bonchev–Trinajstić information content (AvgIpc) is 2.37. The zero-order valence-corrected chi connectivity index (χ0v) is 11.0. The van der Waals surface area contributed by atoms with Crippen LogP contribution >= 0.6 is 0 Å². The van der Waals surface area contributed by atoms with Crippen LogP contribution in [0.4, 0.5) is 19.0 Å². The van der Waals surface area contributed by atoms with Gasteiger partial charge in [-0.3, -0.25) is 0 Å². The van der Waals surface area contributed by atoms with Gasteiger partial charge < -0.3 is 5.32 Å². The Bertz CT molecular complexity index is 400. The van der Waals surface area contributed by atoms with Crippen molar-refractivity contribution in [1.82, 2.24) is 4.98 Å². The maximum absolute atomic E-state index is 12.4. The van der Waals surface area contributed by atoms with Gasteiger partial charge in [-0.05, 0) is 30.4 Å². The topological polar surface area (TPSA) is 24.9 Å². The highest BCUT2D eigenvalue weighted by Gasteiger charge is 2.30. The highest BCUT2D eigenvalue weighted by atomic mass is 19.4. The molecule has 0 amide bonds. The zero-order valence-electron chi connectivity index (χ0n) is 11.0. The number of anilines is 1. The van der Waals surface area contributed by atoms with Gasteiger partial charge in [-0.1, -0.05) is 26.2 Å². The van der Waals surface area contributed by atoms with Gasteiger partial charge in [0, 0.05) is 12.7 Å². The first kappa shape index (κ1) is 14.2. The first-order valence-corrected chi connectivity index (χ1v) is 6.74. The molecule has 0 aliphatic heterocycles. The van der Waals surface area contributed by atoms with Crippen LogP contribution in [0.5, 0.6) is 0 Å². The fourth-order valence-corrected chi connectivity index (χ4v) is 2.60. The van der Waals surface area contributed by atoms with Crippen molar-refractivity contribution in [1.29, 1.82) is 0 Å². The predicted molar refractivity (Wildman–Crippen MR) is 68.9 cm³/mol. The summed E-state index contributed by atoms with van der Waals surface area (Å²) in [6.45, 7) is 3.03. The van der Waals surface area contributed by atoms with Gasteiger partial charge in [0.05, 0.1) is 5.56 Å². The molecule has 1 fully saturated rings. The van der Waals surface area contributed by atoms with Crippen LogP contribution in [0.25, 0.3) is 0 Å². The molecule has 0 bridgehead atoms. The third-order valence-electron chi connectivity index (χ3n) is 3.93. The molecule has 1 aliphatic carbocycles. The van der Waals surface area contributed by atoms with E-state index in [2.05, 4.69) is 17.2 Å². The standard InChI is InChI=1S/C14H19F3N2/c1-10-4-2-3-5-11(10)8-18-13-7-6-12(9-19-13)14(15,16)17/h6-7,9-11H,2-5,8H2,1H3,(H,18,19). The zero-order chi connectivity index (χ0) is 13.9. The molecule has 0 saturated heterocycles. The number of halogens is 3. The molecule has 106 valence electrons. The summed E-state index contributed by atoms with van der Waals surface area (Å²) in [6, 6.07) is 2.47. The first-order valence-electron chi connectivity index (χ1n) is 6.74. The number of rotatable bonds is 3. The molecule has 1 aromatic rings. The van der Waals surface area contributed by atoms with Gasteiger partial charge in [-0.25, -0.2) is 4.98 Å². The first-order chi connectivity index (χ1) is 8.97. The van der Waals surface area contributed by atoms with E-state index in [0.29, 0.717) is 17.7 Å². The molecule has 19 heavy (non-hydrogen) atoms. The number of hydrogen-bond donors (Lipinski definition) is 1. The lowest BCUT2D eigenvalue weighted by atomic mass is 9.80. The van der Waals surface area contributed by atoms with E-state index in [0.717, 1.165) is 18.8 Å². The van der Waals surface area contributed by atoms with Gasteiger partial charge in [-0.15, -0.1) is 0 Å². The summed E-state index contributed by atoms with van der Waals surface area (Å²) in [6.07, 6.45) is 1.53. The maximum Gasteiger partial charge on any atom is 0.417 e. The second-order valence-corrected chi connectivity index (χ2v) is 5.33. The lowest BCUT2D eigenvalue weighted by Crippen LogP contribution is -2.24. The van der Waals surface area contributed by atoms with Crippen LogP contribution in [0, 0.1) is 11.8 Å². The summed E-state index contributed by atoms with van der Waals surface area (Å²) in [4.78, 5) is 3.82. The lowest BCUT2D eigenvalue weighted by Gasteiger charge is -2.28. The number of alkyl halides is 3. The number of nitrogens with one attached hydrogen (secondary N) is 1. The van der Waals surface area contributed by atoms with Gasteiger partial charge >= 0.3 is 6.18 Å². The molecule has 1 N–H and O–H groups in total. The average molecular weight is 272 g/mol. The van der Waals surface area contributed by atoms with Crippen LogP contribution in [0.2, 0.25) is 0 Å². The number of hydrogen-bond acceptors (Lipinski definition) is 2. The van der Waals surface area contributed by atoms with Crippen LogP contribution in [-0.4, -0.2) is 11.5 Å². The van der Waals surface area contributed by atoms with Crippen molar-refractivity contribution >= 4 is 5.82 Å². The Balaban J connectivity index is 1.89. The minimum Gasteiger partial charge on any atom is -0.370 e. The number of nitrogens with zero attached hydrogens (tertiary/aromatic N) is 1. The molecule has 2 nitrogen and oxygen atoms in total. The van der Waals surface area contributed by atoms with Crippen molar-refractivity contribution in [2.75, 3.05) is 11.9 Å². The van der Waals surface area contributed by atoms with E-state index in [1.807, 2.05) is 0 Å². The van der Waals surface area contributed by atoms with E-state index in [-0.39, 0.29) is 0 Å². The lowest BCUT2D eigenvalue weighted by molar-refractivity contribution is -0.137. The van der Waals surface area contributed by atoms with Crippen LogP contribution < -0.4 is 5.32 Å². The molecular formula is C14H19F3N2. The van der Waals surface area contributed by atoms with Gasteiger partial charge in [-0.2, -0.15) is 13.2 Å². The van der Waals surface area contributed by atoms with E-state index in [1.165, 1.54) is 31.7 Å². The molecule has 5 heteroatoms. The Kier molecular flexibility index (Phi) is 4.32. The van der Waals surface area contributed by atoms with Crippen LogP contribution in [-0.2, 0) is 6.18 Å².